The molecular formula is C19H42N2Si4. The second-order valence-corrected chi connectivity index (χ2v) is 27.0. The molecule has 0 amide bonds. The molecule has 0 saturated heterocycles. The van der Waals surface area contributed by atoms with Gasteiger partial charge >= 0.3 is 0 Å². The van der Waals surface area contributed by atoms with Crippen molar-refractivity contribution in [3.05, 3.63) is 49.1 Å². The summed E-state index contributed by atoms with van der Waals surface area (Å²) < 4.78 is 5.56. The first-order valence-electron chi connectivity index (χ1n) is 9.31. The van der Waals surface area contributed by atoms with Crippen LogP contribution in [0.25, 0.3) is 0 Å². The summed E-state index contributed by atoms with van der Waals surface area (Å²) in [6.45, 7) is 38.0. The SMILES string of the molecule is C=C[Si](C)(C)N(CCCN([Si](C)(C)C=C)[Si](C)(C)C=C)[Si](C)(C)C=C. The van der Waals surface area contributed by atoms with Crippen molar-refractivity contribution in [3.8, 4) is 0 Å². The summed E-state index contributed by atoms with van der Waals surface area (Å²) in [4.78, 5) is 0. The molecule has 25 heavy (non-hydrogen) atoms. The summed E-state index contributed by atoms with van der Waals surface area (Å²) in [5.41, 5.74) is 8.86. The summed E-state index contributed by atoms with van der Waals surface area (Å²) in [6, 6.07) is 0. The van der Waals surface area contributed by atoms with E-state index in [1.54, 1.807) is 0 Å². The Bertz CT molecular complexity index is 412. The molecule has 0 aliphatic carbocycles. The molecular weight excluding hydrogens is 369 g/mol. The Balaban J connectivity index is 5.41. The van der Waals surface area contributed by atoms with Crippen LogP contribution >= 0.6 is 0 Å². The molecule has 0 heterocycles. The largest absolute Gasteiger partial charge is 0.339 e. The Morgan fingerprint density at radius 3 is 0.880 bits per heavy atom. The first-order valence-corrected chi connectivity index (χ1v) is 21.4. The van der Waals surface area contributed by atoms with Gasteiger partial charge in [-0.15, -0.1) is 26.3 Å². The van der Waals surface area contributed by atoms with Gasteiger partial charge in [0.1, 0.15) is 32.9 Å². The molecule has 2 nitrogen and oxygen atoms in total. The first-order chi connectivity index (χ1) is 11.2. The Morgan fingerprint density at radius 2 is 0.720 bits per heavy atom. The smallest absolute Gasteiger partial charge is 0.139 e. The fraction of sp³-hybridized carbons (Fsp3) is 0.579. The quantitative estimate of drug-likeness (QED) is 0.381. The van der Waals surface area contributed by atoms with Gasteiger partial charge in [0.2, 0.25) is 0 Å². The maximum Gasteiger partial charge on any atom is 0.139 e. The van der Waals surface area contributed by atoms with Crippen LogP contribution in [0.3, 0.4) is 0 Å². The van der Waals surface area contributed by atoms with E-state index in [2.05, 4.69) is 110 Å². The van der Waals surface area contributed by atoms with Gasteiger partial charge in [0, 0.05) is 0 Å². The zero-order valence-corrected chi connectivity index (χ0v) is 22.2. The fourth-order valence-electron chi connectivity index (χ4n) is 3.47. The highest BCUT2D eigenvalue weighted by molar-refractivity contribution is 6.95. The van der Waals surface area contributed by atoms with Gasteiger partial charge in [-0.3, -0.25) is 0 Å². The lowest BCUT2D eigenvalue weighted by Crippen LogP contribution is -2.63. The van der Waals surface area contributed by atoms with Gasteiger partial charge in [0.25, 0.3) is 0 Å². The maximum atomic E-state index is 4.13. The molecule has 0 aromatic rings. The molecule has 0 aliphatic heterocycles. The van der Waals surface area contributed by atoms with Crippen molar-refractivity contribution in [1.29, 1.82) is 0 Å². The van der Waals surface area contributed by atoms with Crippen LogP contribution in [0.2, 0.25) is 52.4 Å². The molecule has 0 radical (unpaired) electrons. The van der Waals surface area contributed by atoms with Crippen LogP contribution in [0.5, 0.6) is 0 Å². The summed E-state index contributed by atoms with van der Waals surface area (Å²) in [5, 5.41) is 0. The van der Waals surface area contributed by atoms with Crippen molar-refractivity contribution in [2.75, 3.05) is 13.1 Å². The molecule has 0 spiro atoms. The molecule has 0 bridgehead atoms. The third-order valence-electron chi connectivity index (χ3n) is 5.54. The highest BCUT2D eigenvalue weighted by Crippen LogP contribution is 2.25. The highest BCUT2D eigenvalue weighted by Gasteiger charge is 2.39. The lowest BCUT2D eigenvalue weighted by atomic mass is 10.4. The van der Waals surface area contributed by atoms with Gasteiger partial charge in [-0.1, -0.05) is 75.2 Å². The number of rotatable bonds is 12. The van der Waals surface area contributed by atoms with Crippen LogP contribution in [0, 0.1) is 0 Å². The average Bonchev–Trinajstić information content (AvgIpc) is 2.53. The minimum absolute atomic E-state index is 1.14. The van der Waals surface area contributed by atoms with E-state index in [0.29, 0.717) is 0 Å². The van der Waals surface area contributed by atoms with E-state index in [9.17, 15) is 0 Å². The van der Waals surface area contributed by atoms with Gasteiger partial charge in [0.05, 0.1) is 0 Å². The third-order valence-corrected chi connectivity index (χ3v) is 22.9. The van der Waals surface area contributed by atoms with E-state index in [0.717, 1.165) is 13.1 Å². The number of hydrogen-bond donors (Lipinski definition) is 0. The van der Waals surface area contributed by atoms with Crippen LogP contribution in [-0.2, 0) is 0 Å². The van der Waals surface area contributed by atoms with Crippen molar-refractivity contribution in [2.45, 2.75) is 58.8 Å². The van der Waals surface area contributed by atoms with Crippen LogP contribution in [0.4, 0.5) is 0 Å². The van der Waals surface area contributed by atoms with Crippen LogP contribution < -0.4 is 0 Å². The standard InChI is InChI=1S/C19H42N2Si4/c1-13-22(5,6)20(23(7,8)14-2)18-17-19-21(24(9,10)15-3)25(11,12)16-4/h13-16H,1-4,17-19H2,5-12H3. The fourth-order valence-corrected chi connectivity index (χ4v) is 20.3. The Kier molecular flexibility index (Phi) is 9.01. The van der Waals surface area contributed by atoms with Crippen LogP contribution in [0.1, 0.15) is 6.42 Å². The summed E-state index contributed by atoms with van der Waals surface area (Å²) in [5.74, 6) is 0. The summed E-state index contributed by atoms with van der Waals surface area (Å²) >= 11 is 0. The van der Waals surface area contributed by atoms with E-state index in [1.165, 1.54) is 6.42 Å². The molecule has 0 fully saturated rings. The van der Waals surface area contributed by atoms with Crippen molar-refractivity contribution >= 4 is 32.9 Å². The first kappa shape index (κ1) is 24.7. The molecule has 6 heteroatoms. The predicted molar refractivity (Wildman–Crippen MR) is 129 cm³/mol. The summed E-state index contributed by atoms with van der Waals surface area (Å²) in [7, 11) is -6.37. The maximum absolute atomic E-state index is 4.13. The monoisotopic (exact) mass is 410 g/mol. The zero-order chi connectivity index (χ0) is 20.1. The molecule has 0 aromatic carbocycles. The van der Waals surface area contributed by atoms with Crippen molar-refractivity contribution in [2.24, 2.45) is 0 Å². The normalized spacial score (nSPS) is 13.8. The minimum Gasteiger partial charge on any atom is -0.339 e. The van der Waals surface area contributed by atoms with Gasteiger partial charge in [0.15, 0.2) is 0 Å². The van der Waals surface area contributed by atoms with Crippen LogP contribution in [0.15, 0.2) is 49.1 Å². The molecule has 0 rings (SSSR count). The lowest BCUT2D eigenvalue weighted by molar-refractivity contribution is 0.520. The molecule has 0 unspecified atom stereocenters. The number of hydrogen-bond acceptors (Lipinski definition) is 2. The molecule has 0 aliphatic rings. The van der Waals surface area contributed by atoms with Gasteiger partial charge in [-0.25, -0.2) is 0 Å². The van der Waals surface area contributed by atoms with E-state index in [4.69, 9.17) is 0 Å². The molecule has 0 atom stereocenters. The van der Waals surface area contributed by atoms with E-state index < -0.39 is 32.9 Å². The molecule has 0 aromatic heterocycles. The van der Waals surface area contributed by atoms with Gasteiger partial charge in [-0.2, -0.15) is 0 Å². The van der Waals surface area contributed by atoms with E-state index in [1.807, 2.05) is 0 Å². The van der Waals surface area contributed by atoms with Crippen LogP contribution in [-0.4, -0.2) is 54.5 Å². The minimum atomic E-state index is -1.59. The van der Waals surface area contributed by atoms with Crippen molar-refractivity contribution in [1.82, 2.24) is 8.46 Å². The Labute approximate surface area is 162 Å². The zero-order valence-electron chi connectivity index (χ0n) is 18.2. The third kappa shape index (κ3) is 6.44. The average molecular weight is 411 g/mol. The Hall–Kier alpha value is -0.252. The number of nitrogens with zero attached hydrogens (tertiary/aromatic N) is 2. The topological polar surface area (TPSA) is 6.48 Å². The predicted octanol–water partition coefficient (Wildman–Crippen LogP) is 5.70. The lowest BCUT2D eigenvalue weighted by Gasteiger charge is -2.47. The highest BCUT2D eigenvalue weighted by atomic mass is 28.4. The molecule has 144 valence electrons. The van der Waals surface area contributed by atoms with Crippen molar-refractivity contribution in [3.63, 3.8) is 0 Å². The van der Waals surface area contributed by atoms with E-state index in [-0.39, 0.29) is 0 Å². The second-order valence-electron chi connectivity index (χ2n) is 9.09. The van der Waals surface area contributed by atoms with E-state index >= 15 is 0 Å². The van der Waals surface area contributed by atoms with Gasteiger partial charge in [-0.05, 0) is 19.5 Å². The van der Waals surface area contributed by atoms with Gasteiger partial charge < -0.3 is 8.46 Å². The molecule has 0 saturated carbocycles. The Morgan fingerprint density at radius 1 is 0.520 bits per heavy atom. The van der Waals surface area contributed by atoms with Crippen molar-refractivity contribution < 1.29 is 0 Å². The second kappa shape index (κ2) is 9.10. The molecule has 0 N–H and O–H groups in total. The summed E-state index contributed by atoms with van der Waals surface area (Å²) in [6.07, 6.45) is 1.18.